The summed E-state index contributed by atoms with van der Waals surface area (Å²) >= 11 is 1.42. The molecular formula is C16H17N3O2S. The molecule has 1 aliphatic rings. The highest BCUT2D eigenvalue weighted by atomic mass is 32.1. The second kappa shape index (κ2) is 5.53. The quantitative estimate of drug-likeness (QED) is 0.914. The Morgan fingerprint density at radius 2 is 2.18 bits per heavy atom. The monoisotopic (exact) mass is 315 g/mol. The zero-order valence-corrected chi connectivity index (χ0v) is 13.5. The molecule has 0 spiro atoms. The van der Waals surface area contributed by atoms with E-state index in [1.54, 1.807) is 12.1 Å². The fourth-order valence-electron chi connectivity index (χ4n) is 2.43. The average molecular weight is 315 g/mol. The Morgan fingerprint density at radius 1 is 1.41 bits per heavy atom. The van der Waals surface area contributed by atoms with Gasteiger partial charge in [-0.05, 0) is 19.1 Å². The number of anilines is 1. The SMILES string of the molecule is Cc1nc(C(C)C)sc1C(=O)Nc1cccc2c1CNC2=O. The van der Waals surface area contributed by atoms with Crippen LogP contribution in [0.5, 0.6) is 0 Å². The summed E-state index contributed by atoms with van der Waals surface area (Å²) in [5.74, 6) is 0.0323. The van der Waals surface area contributed by atoms with Crippen molar-refractivity contribution in [3.8, 4) is 0 Å². The van der Waals surface area contributed by atoms with Gasteiger partial charge >= 0.3 is 0 Å². The van der Waals surface area contributed by atoms with Crippen molar-refractivity contribution in [2.45, 2.75) is 33.2 Å². The van der Waals surface area contributed by atoms with Crippen molar-refractivity contribution in [1.82, 2.24) is 10.3 Å². The number of benzene rings is 1. The van der Waals surface area contributed by atoms with E-state index in [0.717, 1.165) is 16.3 Å². The summed E-state index contributed by atoms with van der Waals surface area (Å²) in [5, 5.41) is 6.64. The number of hydrogen-bond acceptors (Lipinski definition) is 4. The van der Waals surface area contributed by atoms with Crippen molar-refractivity contribution in [2.75, 3.05) is 5.32 Å². The highest BCUT2D eigenvalue weighted by molar-refractivity contribution is 7.14. The fraction of sp³-hybridized carbons (Fsp3) is 0.312. The summed E-state index contributed by atoms with van der Waals surface area (Å²) in [4.78, 5) is 29.3. The lowest BCUT2D eigenvalue weighted by molar-refractivity contribution is 0.0964. The summed E-state index contributed by atoms with van der Waals surface area (Å²) in [7, 11) is 0. The molecule has 0 fully saturated rings. The number of fused-ring (bicyclic) bond motifs is 1. The summed E-state index contributed by atoms with van der Waals surface area (Å²) < 4.78 is 0. The zero-order chi connectivity index (χ0) is 15.9. The maximum absolute atomic E-state index is 12.5. The number of carbonyl (C=O) groups is 2. The highest BCUT2D eigenvalue weighted by Gasteiger charge is 2.23. The third kappa shape index (κ3) is 2.50. The number of aromatic nitrogens is 1. The predicted molar refractivity (Wildman–Crippen MR) is 86.5 cm³/mol. The van der Waals surface area contributed by atoms with Crippen LogP contribution in [0.15, 0.2) is 18.2 Å². The summed E-state index contributed by atoms with van der Waals surface area (Å²) in [5.41, 5.74) is 2.89. The summed E-state index contributed by atoms with van der Waals surface area (Å²) in [6.45, 7) is 6.41. The van der Waals surface area contributed by atoms with Crippen LogP contribution in [0.3, 0.4) is 0 Å². The largest absolute Gasteiger partial charge is 0.348 e. The van der Waals surface area contributed by atoms with Crippen LogP contribution in [0.25, 0.3) is 0 Å². The van der Waals surface area contributed by atoms with E-state index in [-0.39, 0.29) is 11.8 Å². The second-order valence-electron chi connectivity index (χ2n) is 5.59. The first-order chi connectivity index (χ1) is 10.5. The molecule has 2 aromatic rings. The molecule has 1 aliphatic heterocycles. The average Bonchev–Trinajstić information content (AvgIpc) is 3.04. The number of carbonyl (C=O) groups excluding carboxylic acids is 2. The molecule has 1 aromatic carbocycles. The maximum Gasteiger partial charge on any atom is 0.267 e. The Hall–Kier alpha value is -2.21. The fourth-order valence-corrected chi connectivity index (χ4v) is 3.39. The first kappa shape index (κ1) is 14.7. The molecular weight excluding hydrogens is 298 g/mol. The van der Waals surface area contributed by atoms with Gasteiger partial charge in [-0.2, -0.15) is 0 Å². The minimum absolute atomic E-state index is 0.0952. The number of rotatable bonds is 3. The van der Waals surface area contributed by atoms with Gasteiger partial charge in [0, 0.05) is 29.3 Å². The Balaban J connectivity index is 1.88. The molecule has 114 valence electrons. The van der Waals surface area contributed by atoms with E-state index < -0.39 is 0 Å². The molecule has 0 unspecified atom stereocenters. The van der Waals surface area contributed by atoms with Crippen LogP contribution >= 0.6 is 11.3 Å². The third-order valence-corrected chi connectivity index (χ3v) is 5.06. The number of nitrogens with zero attached hydrogens (tertiary/aromatic N) is 1. The Morgan fingerprint density at radius 3 is 2.86 bits per heavy atom. The number of hydrogen-bond donors (Lipinski definition) is 2. The first-order valence-corrected chi connectivity index (χ1v) is 7.97. The van der Waals surface area contributed by atoms with E-state index in [1.165, 1.54) is 11.3 Å². The van der Waals surface area contributed by atoms with Gasteiger partial charge in [0.1, 0.15) is 4.88 Å². The lowest BCUT2D eigenvalue weighted by Gasteiger charge is -2.08. The van der Waals surface area contributed by atoms with E-state index >= 15 is 0 Å². The van der Waals surface area contributed by atoms with Gasteiger partial charge in [0.2, 0.25) is 0 Å². The number of aryl methyl sites for hydroxylation is 1. The van der Waals surface area contributed by atoms with Gasteiger partial charge in [-0.3, -0.25) is 9.59 Å². The molecule has 0 radical (unpaired) electrons. The molecule has 2 heterocycles. The lowest BCUT2D eigenvalue weighted by Crippen LogP contribution is -2.13. The van der Waals surface area contributed by atoms with Crippen molar-refractivity contribution >= 4 is 28.8 Å². The number of thiazole rings is 1. The standard InChI is InChI=1S/C16H17N3O2S/c1-8(2)16-18-9(3)13(22-16)15(21)19-12-6-4-5-10-11(12)7-17-14(10)20/h4-6,8H,7H2,1-3H3,(H,17,20)(H,19,21). The van der Waals surface area contributed by atoms with Crippen LogP contribution in [0.1, 0.15) is 56.1 Å². The topological polar surface area (TPSA) is 71.1 Å². The lowest BCUT2D eigenvalue weighted by atomic mass is 10.1. The van der Waals surface area contributed by atoms with Crippen molar-refractivity contribution < 1.29 is 9.59 Å². The van der Waals surface area contributed by atoms with Crippen LogP contribution in [0.2, 0.25) is 0 Å². The molecule has 2 N–H and O–H groups in total. The van der Waals surface area contributed by atoms with Crippen LogP contribution < -0.4 is 10.6 Å². The van der Waals surface area contributed by atoms with E-state index in [0.29, 0.717) is 28.6 Å². The van der Waals surface area contributed by atoms with Gasteiger partial charge < -0.3 is 10.6 Å². The van der Waals surface area contributed by atoms with Crippen LogP contribution in [0, 0.1) is 6.92 Å². The molecule has 5 nitrogen and oxygen atoms in total. The molecule has 3 rings (SSSR count). The second-order valence-corrected chi connectivity index (χ2v) is 6.62. The molecule has 0 atom stereocenters. The molecule has 0 aliphatic carbocycles. The number of nitrogens with one attached hydrogen (secondary N) is 2. The molecule has 0 saturated carbocycles. The number of amides is 2. The highest BCUT2D eigenvalue weighted by Crippen LogP contribution is 2.28. The van der Waals surface area contributed by atoms with Crippen LogP contribution in [0.4, 0.5) is 5.69 Å². The first-order valence-electron chi connectivity index (χ1n) is 7.16. The van der Waals surface area contributed by atoms with Crippen molar-refractivity contribution in [3.05, 3.63) is 44.9 Å². The maximum atomic E-state index is 12.5. The van der Waals surface area contributed by atoms with Crippen molar-refractivity contribution in [2.24, 2.45) is 0 Å². The molecule has 6 heteroatoms. The van der Waals surface area contributed by atoms with Crippen LogP contribution in [-0.2, 0) is 6.54 Å². The van der Waals surface area contributed by atoms with E-state index in [1.807, 2.05) is 13.0 Å². The van der Waals surface area contributed by atoms with Crippen LogP contribution in [-0.4, -0.2) is 16.8 Å². The minimum Gasteiger partial charge on any atom is -0.348 e. The molecule has 1 aromatic heterocycles. The normalized spacial score (nSPS) is 13.2. The third-order valence-electron chi connectivity index (χ3n) is 3.61. The smallest absolute Gasteiger partial charge is 0.267 e. The van der Waals surface area contributed by atoms with E-state index in [2.05, 4.69) is 29.5 Å². The van der Waals surface area contributed by atoms with Crippen molar-refractivity contribution in [1.29, 1.82) is 0 Å². The molecule has 2 amide bonds. The Bertz CT molecular complexity index is 765. The summed E-state index contributed by atoms with van der Waals surface area (Å²) in [6, 6.07) is 5.36. The van der Waals surface area contributed by atoms with E-state index in [4.69, 9.17) is 0 Å². The Kier molecular flexibility index (Phi) is 3.70. The van der Waals surface area contributed by atoms with Gasteiger partial charge in [-0.1, -0.05) is 19.9 Å². The van der Waals surface area contributed by atoms with Crippen molar-refractivity contribution in [3.63, 3.8) is 0 Å². The Labute approximate surface area is 132 Å². The van der Waals surface area contributed by atoms with E-state index in [9.17, 15) is 9.59 Å². The minimum atomic E-state index is -0.172. The van der Waals surface area contributed by atoms with Gasteiger partial charge in [-0.25, -0.2) is 4.98 Å². The molecule has 0 saturated heterocycles. The van der Waals surface area contributed by atoms with Gasteiger partial charge in [0.25, 0.3) is 11.8 Å². The predicted octanol–water partition coefficient (Wildman–Crippen LogP) is 3.07. The summed E-state index contributed by atoms with van der Waals surface area (Å²) in [6.07, 6.45) is 0. The molecule has 22 heavy (non-hydrogen) atoms. The van der Waals surface area contributed by atoms with Gasteiger partial charge in [0.05, 0.1) is 10.7 Å². The zero-order valence-electron chi connectivity index (χ0n) is 12.7. The van der Waals surface area contributed by atoms with Gasteiger partial charge in [-0.15, -0.1) is 11.3 Å². The van der Waals surface area contributed by atoms with Gasteiger partial charge in [0.15, 0.2) is 0 Å². The molecule has 0 bridgehead atoms.